The molecule has 10 heteroatoms. The van der Waals surface area contributed by atoms with Crippen LogP contribution in [0.5, 0.6) is 0 Å². The first-order valence-electron chi connectivity index (χ1n) is 11.0. The molecule has 0 unspecified atom stereocenters. The van der Waals surface area contributed by atoms with E-state index in [9.17, 15) is 13.2 Å². The summed E-state index contributed by atoms with van der Waals surface area (Å²) in [6, 6.07) is 11.7. The summed E-state index contributed by atoms with van der Waals surface area (Å²) < 4.78 is 24.9. The number of hydrogen-bond donors (Lipinski definition) is 2. The molecule has 0 radical (unpaired) electrons. The van der Waals surface area contributed by atoms with Crippen molar-refractivity contribution in [3.63, 3.8) is 0 Å². The average molecular weight is 477 g/mol. The van der Waals surface area contributed by atoms with Gasteiger partial charge >= 0.3 is 0 Å². The molecule has 0 aliphatic heterocycles. The number of nitrogen functional groups attached to an aromatic ring is 1. The van der Waals surface area contributed by atoms with Crippen molar-refractivity contribution in [3.8, 4) is 11.3 Å². The van der Waals surface area contributed by atoms with E-state index in [1.807, 2.05) is 37.3 Å². The zero-order valence-corrected chi connectivity index (χ0v) is 19.6. The number of nitrogens with two attached hydrogens (primary N) is 1. The molecule has 9 nitrogen and oxygen atoms in total. The highest BCUT2D eigenvalue weighted by Crippen LogP contribution is 2.48. The van der Waals surface area contributed by atoms with Crippen molar-refractivity contribution < 1.29 is 13.2 Å². The highest BCUT2D eigenvalue weighted by atomic mass is 32.2. The maximum atomic E-state index is 12.8. The van der Waals surface area contributed by atoms with Crippen molar-refractivity contribution in [2.45, 2.75) is 26.2 Å². The Morgan fingerprint density at radius 1 is 1.24 bits per heavy atom. The Kier molecular flexibility index (Phi) is 5.32. The van der Waals surface area contributed by atoms with E-state index in [4.69, 9.17) is 5.73 Å². The highest BCUT2D eigenvalue weighted by Gasteiger charge is 2.45. The fraction of sp³-hybridized carbons (Fsp3) is 0.250. The third kappa shape index (κ3) is 4.01. The Balaban J connectivity index is 1.35. The van der Waals surface area contributed by atoms with Crippen LogP contribution in [0.15, 0.2) is 55.0 Å². The van der Waals surface area contributed by atoms with Gasteiger partial charge in [0.2, 0.25) is 5.91 Å². The smallest absolute Gasteiger partial charge is 0.253 e. The molecule has 1 aliphatic carbocycles. The van der Waals surface area contributed by atoms with Crippen LogP contribution in [-0.2, 0) is 14.8 Å². The molecule has 34 heavy (non-hydrogen) atoms. The first kappa shape index (κ1) is 22.0. The molecule has 0 bridgehead atoms. The zero-order valence-electron chi connectivity index (χ0n) is 18.8. The maximum absolute atomic E-state index is 12.8. The standard InChI is InChI=1S/C24H24N6O3S/c1-3-34(32,33)30-13-16(11-27-30)18-10-19(18)24(31)29-22-9-15-8-21(17-7-5-4-6-14(17)2)28-23(25)20(15)12-26-22/h4-9,11-13,18-19H,3,10H2,1-2H3,(H2,25,28)(H,26,29,31)/t18-,19+/m0/s1. The van der Waals surface area contributed by atoms with E-state index in [0.29, 0.717) is 23.4 Å². The van der Waals surface area contributed by atoms with E-state index in [-0.39, 0.29) is 23.5 Å². The van der Waals surface area contributed by atoms with Gasteiger partial charge in [-0.3, -0.25) is 4.79 Å². The summed E-state index contributed by atoms with van der Waals surface area (Å²) in [5, 5.41) is 8.36. The lowest BCUT2D eigenvalue weighted by molar-refractivity contribution is -0.117. The lowest BCUT2D eigenvalue weighted by Crippen LogP contribution is -2.16. The molecule has 174 valence electrons. The molecule has 1 aromatic carbocycles. The van der Waals surface area contributed by atoms with E-state index < -0.39 is 10.0 Å². The van der Waals surface area contributed by atoms with Crippen LogP contribution in [0.4, 0.5) is 11.6 Å². The Hall–Kier alpha value is -3.79. The minimum Gasteiger partial charge on any atom is -0.383 e. The zero-order chi connectivity index (χ0) is 24.0. The number of nitrogens with zero attached hydrogens (tertiary/aromatic N) is 4. The van der Waals surface area contributed by atoms with Crippen LogP contribution in [0.3, 0.4) is 0 Å². The van der Waals surface area contributed by atoms with Crippen molar-refractivity contribution in [2.75, 3.05) is 16.8 Å². The number of nitrogens with one attached hydrogen (secondary N) is 1. The normalized spacial score (nSPS) is 17.6. The van der Waals surface area contributed by atoms with Crippen LogP contribution in [0.25, 0.3) is 22.0 Å². The second kappa shape index (κ2) is 8.21. The summed E-state index contributed by atoms with van der Waals surface area (Å²) in [4.78, 5) is 21.7. The molecule has 4 aromatic rings. The number of aryl methyl sites for hydroxylation is 1. The number of amides is 1. The molecule has 1 saturated carbocycles. The highest BCUT2D eigenvalue weighted by molar-refractivity contribution is 7.89. The van der Waals surface area contributed by atoms with E-state index in [0.717, 1.165) is 31.9 Å². The Morgan fingerprint density at radius 2 is 2.03 bits per heavy atom. The predicted molar refractivity (Wildman–Crippen MR) is 131 cm³/mol. The van der Waals surface area contributed by atoms with E-state index in [1.165, 1.54) is 12.4 Å². The summed E-state index contributed by atoms with van der Waals surface area (Å²) in [5.41, 5.74) is 9.77. The monoisotopic (exact) mass is 476 g/mol. The van der Waals surface area contributed by atoms with Crippen molar-refractivity contribution in [3.05, 3.63) is 66.1 Å². The van der Waals surface area contributed by atoms with Gasteiger partial charge < -0.3 is 11.1 Å². The number of rotatable bonds is 6. The van der Waals surface area contributed by atoms with Gasteiger partial charge in [-0.1, -0.05) is 24.3 Å². The van der Waals surface area contributed by atoms with Crippen molar-refractivity contribution in [2.24, 2.45) is 5.92 Å². The summed E-state index contributed by atoms with van der Waals surface area (Å²) in [6.07, 6.45) is 5.25. The van der Waals surface area contributed by atoms with Gasteiger partial charge in [-0.05, 0) is 54.8 Å². The fourth-order valence-electron chi connectivity index (χ4n) is 4.11. The summed E-state index contributed by atoms with van der Waals surface area (Å²) in [7, 11) is -3.44. The van der Waals surface area contributed by atoms with Gasteiger partial charge in [0, 0.05) is 29.3 Å². The van der Waals surface area contributed by atoms with Gasteiger partial charge in [0.05, 0.1) is 17.6 Å². The van der Waals surface area contributed by atoms with Crippen molar-refractivity contribution in [1.29, 1.82) is 0 Å². The third-order valence-corrected chi connectivity index (χ3v) is 7.70. The lowest BCUT2D eigenvalue weighted by Gasteiger charge is -2.10. The molecule has 2 atom stereocenters. The van der Waals surface area contributed by atoms with E-state index in [1.54, 1.807) is 19.2 Å². The molecule has 0 saturated heterocycles. The van der Waals surface area contributed by atoms with Gasteiger partial charge in [0.1, 0.15) is 11.6 Å². The SMILES string of the molecule is CCS(=O)(=O)n1cc([C@@H]2C[C@H]2C(=O)Nc2cc3cc(-c4ccccc4C)nc(N)c3cn2)cn1. The number of pyridine rings is 2. The Bertz CT molecular complexity index is 1530. The second-order valence-corrected chi connectivity index (χ2v) is 10.6. The molecule has 1 aliphatic rings. The third-order valence-electron chi connectivity index (χ3n) is 6.20. The summed E-state index contributed by atoms with van der Waals surface area (Å²) in [5.74, 6) is 0.278. The van der Waals surface area contributed by atoms with Crippen LogP contribution in [-0.4, -0.2) is 39.2 Å². The van der Waals surface area contributed by atoms with E-state index in [2.05, 4.69) is 20.4 Å². The van der Waals surface area contributed by atoms with Crippen LogP contribution in [0.2, 0.25) is 0 Å². The van der Waals surface area contributed by atoms with Crippen LogP contribution >= 0.6 is 0 Å². The minimum absolute atomic E-state index is 0.0398. The van der Waals surface area contributed by atoms with Crippen LogP contribution < -0.4 is 11.1 Å². The lowest BCUT2D eigenvalue weighted by atomic mass is 10.0. The van der Waals surface area contributed by atoms with Gasteiger partial charge in [-0.25, -0.2) is 18.4 Å². The van der Waals surface area contributed by atoms with Gasteiger partial charge in [-0.2, -0.15) is 9.19 Å². The molecular formula is C24H24N6O3S. The molecule has 3 N–H and O–H groups in total. The fourth-order valence-corrected chi connectivity index (χ4v) is 4.84. The number of hydrogen-bond acceptors (Lipinski definition) is 7. The Labute approximate surface area is 197 Å². The predicted octanol–water partition coefficient (Wildman–Crippen LogP) is 3.32. The van der Waals surface area contributed by atoms with Gasteiger partial charge in [0.15, 0.2) is 0 Å². The average Bonchev–Trinajstić information content (AvgIpc) is 3.46. The number of aromatic nitrogens is 4. The maximum Gasteiger partial charge on any atom is 0.253 e. The Morgan fingerprint density at radius 3 is 2.79 bits per heavy atom. The number of carbonyl (C=O) groups is 1. The molecule has 1 amide bonds. The second-order valence-electron chi connectivity index (χ2n) is 8.48. The number of fused-ring (bicyclic) bond motifs is 1. The first-order chi connectivity index (χ1) is 16.3. The summed E-state index contributed by atoms with van der Waals surface area (Å²) >= 11 is 0. The molecule has 3 aromatic heterocycles. The number of benzene rings is 1. The molecule has 3 heterocycles. The first-order valence-corrected chi connectivity index (χ1v) is 12.6. The molecular weight excluding hydrogens is 452 g/mol. The van der Waals surface area contributed by atoms with Crippen LogP contribution in [0.1, 0.15) is 30.4 Å². The van der Waals surface area contributed by atoms with E-state index >= 15 is 0 Å². The van der Waals surface area contributed by atoms with Crippen molar-refractivity contribution in [1.82, 2.24) is 19.2 Å². The quantitative estimate of drug-likeness (QED) is 0.436. The van der Waals surface area contributed by atoms with Gasteiger partial charge in [-0.15, -0.1) is 0 Å². The van der Waals surface area contributed by atoms with Crippen molar-refractivity contribution >= 4 is 38.3 Å². The topological polar surface area (TPSA) is 133 Å². The number of anilines is 2. The molecule has 0 spiro atoms. The summed E-state index contributed by atoms with van der Waals surface area (Å²) in [6.45, 7) is 3.58. The molecule has 1 fully saturated rings. The van der Waals surface area contributed by atoms with Gasteiger partial charge in [0.25, 0.3) is 10.0 Å². The van der Waals surface area contributed by atoms with Crippen LogP contribution in [0, 0.1) is 12.8 Å². The minimum atomic E-state index is -3.44. The molecule has 5 rings (SSSR count). The number of carbonyl (C=O) groups excluding carboxylic acids is 1. The largest absolute Gasteiger partial charge is 0.383 e.